The van der Waals surface area contributed by atoms with Crippen molar-refractivity contribution in [1.29, 1.82) is 5.26 Å². The summed E-state index contributed by atoms with van der Waals surface area (Å²) in [7, 11) is 0. The molecule has 5 nitrogen and oxygen atoms in total. The molecule has 0 saturated carbocycles. The quantitative estimate of drug-likeness (QED) is 0.717. The Labute approximate surface area is 122 Å². The molecule has 0 amide bonds. The van der Waals surface area contributed by atoms with Gasteiger partial charge in [0.05, 0.1) is 0 Å². The van der Waals surface area contributed by atoms with E-state index >= 15 is 0 Å². The van der Waals surface area contributed by atoms with E-state index in [1.165, 1.54) is 0 Å². The highest BCUT2D eigenvalue weighted by Crippen LogP contribution is 2.20. The summed E-state index contributed by atoms with van der Waals surface area (Å²) in [5.74, 6) is 0.356. The lowest BCUT2D eigenvalue weighted by Crippen LogP contribution is -2.01. The van der Waals surface area contributed by atoms with E-state index in [1.54, 1.807) is 6.07 Å². The van der Waals surface area contributed by atoms with Crippen molar-refractivity contribution in [2.45, 2.75) is 6.92 Å². The Hall–Kier alpha value is -3.13. The van der Waals surface area contributed by atoms with Gasteiger partial charge in [-0.25, -0.2) is 9.97 Å². The number of aromatic nitrogens is 4. The number of benzene rings is 1. The first-order valence-corrected chi connectivity index (χ1v) is 6.42. The summed E-state index contributed by atoms with van der Waals surface area (Å²) >= 11 is 0. The fourth-order valence-corrected chi connectivity index (χ4v) is 1.97. The van der Waals surface area contributed by atoms with E-state index in [-0.39, 0.29) is 5.69 Å². The molecule has 5 heteroatoms. The van der Waals surface area contributed by atoms with Crippen molar-refractivity contribution >= 4 is 0 Å². The number of aryl methyl sites for hydroxylation is 1. The summed E-state index contributed by atoms with van der Waals surface area (Å²) < 4.78 is 0. The maximum Gasteiger partial charge on any atom is 0.201 e. The molecule has 0 aliphatic heterocycles. The molecule has 1 aromatic carbocycles. The van der Waals surface area contributed by atoms with Crippen molar-refractivity contribution in [3.8, 4) is 28.8 Å². The Kier molecular flexibility index (Phi) is 3.36. The molecule has 2 aromatic heterocycles. The summed E-state index contributed by atoms with van der Waals surface area (Å²) in [4.78, 5) is 8.63. The summed E-state index contributed by atoms with van der Waals surface area (Å²) in [6, 6.07) is 17.1. The van der Waals surface area contributed by atoms with Gasteiger partial charge in [-0.15, -0.1) is 10.2 Å². The summed E-state index contributed by atoms with van der Waals surface area (Å²) in [5.41, 5.74) is 3.02. The van der Waals surface area contributed by atoms with Crippen LogP contribution in [0.2, 0.25) is 0 Å². The van der Waals surface area contributed by atoms with Crippen LogP contribution >= 0.6 is 0 Å². The lowest BCUT2D eigenvalue weighted by atomic mass is 10.1. The third kappa shape index (κ3) is 2.60. The highest BCUT2D eigenvalue weighted by molar-refractivity contribution is 5.65. The first kappa shape index (κ1) is 12.9. The molecular formula is C16H11N5. The minimum atomic E-state index is 0.245. The van der Waals surface area contributed by atoms with Crippen LogP contribution in [0, 0.1) is 18.3 Å². The van der Waals surface area contributed by atoms with Crippen LogP contribution in [0.1, 0.15) is 11.4 Å². The predicted octanol–water partition coefficient (Wildman–Crippen LogP) is 2.78. The Morgan fingerprint density at radius 3 is 2.43 bits per heavy atom. The van der Waals surface area contributed by atoms with Gasteiger partial charge in [0.1, 0.15) is 17.5 Å². The van der Waals surface area contributed by atoms with E-state index in [1.807, 2.05) is 49.4 Å². The highest BCUT2D eigenvalue weighted by atomic mass is 15.2. The molecular weight excluding hydrogens is 262 g/mol. The van der Waals surface area contributed by atoms with Crippen LogP contribution in [0.3, 0.4) is 0 Å². The minimum absolute atomic E-state index is 0.245. The maximum atomic E-state index is 9.31. The number of pyridine rings is 1. The van der Waals surface area contributed by atoms with Crippen LogP contribution in [-0.2, 0) is 0 Å². The van der Waals surface area contributed by atoms with Gasteiger partial charge in [-0.05, 0) is 19.1 Å². The number of nitriles is 1. The fraction of sp³-hybridized carbons (Fsp3) is 0.0625. The topological polar surface area (TPSA) is 75.3 Å². The first-order valence-electron chi connectivity index (χ1n) is 6.42. The number of hydrogen-bond donors (Lipinski definition) is 0. The Morgan fingerprint density at radius 1 is 0.905 bits per heavy atom. The Morgan fingerprint density at radius 2 is 1.71 bits per heavy atom. The molecule has 0 bridgehead atoms. The van der Waals surface area contributed by atoms with E-state index < -0.39 is 0 Å². The standard InChI is InChI=1S/C16H11N5/c1-11-6-5-9-13(18-11)16-19-14(10-17)15(20-21-16)12-7-3-2-4-8-12/h2-9H,1H3. The molecule has 0 spiro atoms. The van der Waals surface area contributed by atoms with Crippen molar-refractivity contribution in [1.82, 2.24) is 20.2 Å². The second-order valence-electron chi connectivity index (χ2n) is 4.47. The van der Waals surface area contributed by atoms with E-state index in [9.17, 15) is 5.26 Å². The van der Waals surface area contributed by atoms with Gasteiger partial charge in [-0.1, -0.05) is 36.4 Å². The highest BCUT2D eigenvalue weighted by Gasteiger charge is 2.12. The molecule has 0 atom stereocenters. The number of hydrogen-bond acceptors (Lipinski definition) is 5. The van der Waals surface area contributed by atoms with E-state index in [4.69, 9.17) is 0 Å². The van der Waals surface area contributed by atoms with Gasteiger partial charge in [0.2, 0.25) is 5.82 Å². The molecule has 21 heavy (non-hydrogen) atoms. The third-order valence-electron chi connectivity index (χ3n) is 2.96. The molecule has 2 heterocycles. The van der Waals surface area contributed by atoms with E-state index in [0.717, 1.165) is 11.3 Å². The van der Waals surface area contributed by atoms with Crippen molar-refractivity contribution in [2.24, 2.45) is 0 Å². The van der Waals surface area contributed by atoms with Gasteiger partial charge in [-0.3, -0.25) is 0 Å². The summed E-state index contributed by atoms with van der Waals surface area (Å²) in [6.45, 7) is 1.89. The molecule has 0 aliphatic carbocycles. The maximum absolute atomic E-state index is 9.31. The van der Waals surface area contributed by atoms with E-state index in [2.05, 4.69) is 26.2 Å². The molecule has 3 aromatic rings. The number of nitrogens with zero attached hydrogens (tertiary/aromatic N) is 5. The van der Waals surface area contributed by atoms with Crippen LogP contribution in [0.5, 0.6) is 0 Å². The monoisotopic (exact) mass is 273 g/mol. The summed E-state index contributed by atoms with van der Waals surface area (Å²) in [5, 5.41) is 17.6. The van der Waals surface area contributed by atoms with Crippen LogP contribution in [0.4, 0.5) is 0 Å². The zero-order valence-corrected chi connectivity index (χ0v) is 11.4. The molecule has 3 rings (SSSR count). The average Bonchev–Trinajstić information content (AvgIpc) is 2.55. The lowest BCUT2D eigenvalue weighted by Gasteiger charge is -2.04. The predicted molar refractivity (Wildman–Crippen MR) is 77.9 cm³/mol. The van der Waals surface area contributed by atoms with Crippen molar-refractivity contribution in [3.05, 3.63) is 59.9 Å². The zero-order chi connectivity index (χ0) is 14.7. The molecule has 0 N–H and O–H groups in total. The van der Waals surface area contributed by atoms with Gasteiger partial charge in [0, 0.05) is 11.3 Å². The molecule has 0 fully saturated rings. The molecule has 0 radical (unpaired) electrons. The normalized spacial score (nSPS) is 10.1. The summed E-state index contributed by atoms with van der Waals surface area (Å²) in [6.07, 6.45) is 0. The van der Waals surface area contributed by atoms with E-state index in [0.29, 0.717) is 17.2 Å². The zero-order valence-electron chi connectivity index (χ0n) is 11.4. The van der Waals surface area contributed by atoms with Gasteiger partial charge in [0.15, 0.2) is 5.69 Å². The van der Waals surface area contributed by atoms with Crippen LogP contribution in [-0.4, -0.2) is 20.2 Å². The molecule has 100 valence electrons. The molecule has 0 saturated heterocycles. The van der Waals surface area contributed by atoms with Crippen LogP contribution in [0.25, 0.3) is 22.8 Å². The number of rotatable bonds is 2. The molecule has 0 aliphatic rings. The molecule has 0 unspecified atom stereocenters. The second kappa shape index (κ2) is 5.47. The van der Waals surface area contributed by atoms with Crippen LogP contribution in [0.15, 0.2) is 48.5 Å². The SMILES string of the molecule is Cc1cccc(-c2nnc(-c3ccccc3)c(C#N)n2)n1. The second-order valence-corrected chi connectivity index (χ2v) is 4.47. The van der Waals surface area contributed by atoms with Crippen molar-refractivity contribution in [3.63, 3.8) is 0 Å². The van der Waals surface area contributed by atoms with Crippen molar-refractivity contribution in [2.75, 3.05) is 0 Å². The Bertz CT molecular complexity index is 822. The fourth-order valence-electron chi connectivity index (χ4n) is 1.97. The third-order valence-corrected chi connectivity index (χ3v) is 2.96. The smallest absolute Gasteiger partial charge is 0.201 e. The lowest BCUT2D eigenvalue weighted by molar-refractivity contribution is 0.963. The van der Waals surface area contributed by atoms with Crippen molar-refractivity contribution < 1.29 is 0 Å². The Balaban J connectivity index is 2.10. The average molecular weight is 273 g/mol. The van der Waals surface area contributed by atoms with Gasteiger partial charge in [-0.2, -0.15) is 5.26 Å². The largest absolute Gasteiger partial charge is 0.250 e. The van der Waals surface area contributed by atoms with Gasteiger partial charge in [0.25, 0.3) is 0 Å². The first-order chi connectivity index (χ1) is 10.3. The van der Waals surface area contributed by atoms with Crippen LogP contribution < -0.4 is 0 Å². The van der Waals surface area contributed by atoms with Gasteiger partial charge < -0.3 is 0 Å². The van der Waals surface area contributed by atoms with Gasteiger partial charge >= 0.3 is 0 Å². The minimum Gasteiger partial charge on any atom is -0.250 e.